The van der Waals surface area contributed by atoms with Crippen molar-refractivity contribution in [3.05, 3.63) is 11.3 Å². The van der Waals surface area contributed by atoms with E-state index in [1.54, 1.807) is 18.7 Å². The fourth-order valence-electron chi connectivity index (χ4n) is 2.34. The molecular weight excluding hydrogens is 206 g/mol. The SMILES string of the molecule is Cc1nn(C)c(NC2CCCC2)c1C(=O)O. The Morgan fingerprint density at radius 1 is 1.50 bits per heavy atom. The number of anilines is 1. The maximum absolute atomic E-state index is 11.1. The highest BCUT2D eigenvalue weighted by Gasteiger charge is 2.23. The second kappa shape index (κ2) is 4.15. The van der Waals surface area contributed by atoms with Gasteiger partial charge in [0.25, 0.3) is 0 Å². The Labute approximate surface area is 94.5 Å². The first-order chi connectivity index (χ1) is 7.59. The van der Waals surface area contributed by atoms with Crippen LogP contribution in [0, 0.1) is 6.92 Å². The molecular formula is C11H17N3O2. The first kappa shape index (κ1) is 11.0. The lowest BCUT2D eigenvalue weighted by Crippen LogP contribution is -2.19. The Bertz CT molecular complexity index is 406. The molecule has 0 aliphatic heterocycles. The number of hydrogen-bond donors (Lipinski definition) is 2. The zero-order valence-corrected chi connectivity index (χ0v) is 9.66. The highest BCUT2D eigenvalue weighted by molar-refractivity contribution is 5.94. The maximum atomic E-state index is 11.1. The van der Waals surface area contributed by atoms with Gasteiger partial charge in [0.2, 0.25) is 0 Å². The summed E-state index contributed by atoms with van der Waals surface area (Å²) in [5.74, 6) is -0.275. The number of carboxylic acid groups (broad SMARTS) is 1. The van der Waals surface area contributed by atoms with Crippen LogP contribution in [-0.4, -0.2) is 26.9 Å². The van der Waals surface area contributed by atoms with Crippen molar-refractivity contribution in [3.63, 3.8) is 0 Å². The molecule has 2 rings (SSSR count). The van der Waals surface area contributed by atoms with E-state index >= 15 is 0 Å². The molecule has 5 heteroatoms. The number of aromatic carboxylic acids is 1. The summed E-state index contributed by atoms with van der Waals surface area (Å²) in [7, 11) is 1.77. The molecule has 1 aliphatic carbocycles. The first-order valence-electron chi connectivity index (χ1n) is 5.63. The number of aromatic nitrogens is 2. The van der Waals surface area contributed by atoms with E-state index in [2.05, 4.69) is 10.4 Å². The van der Waals surface area contributed by atoms with Gasteiger partial charge in [-0.2, -0.15) is 5.10 Å². The molecule has 0 aromatic carbocycles. The first-order valence-corrected chi connectivity index (χ1v) is 5.63. The molecule has 88 valence electrons. The smallest absolute Gasteiger partial charge is 0.341 e. The average molecular weight is 223 g/mol. The molecule has 0 radical (unpaired) electrons. The number of carbonyl (C=O) groups is 1. The summed E-state index contributed by atoms with van der Waals surface area (Å²) in [5.41, 5.74) is 0.866. The van der Waals surface area contributed by atoms with Gasteiger partial charge in [-0.1, -0.05) is 12.8 Å². The molecule has 0 spiro atoms. The van der Waals surface area contributed by atoms with E-state index in [4.69, 9.17) is 5.11 Å². The minimum atomic E-state index is -0.911. The van der Waals surface area contributed by atoms with Crippen LogP contribution in [0.4, 0.5) is 5.82 Å². The van der Waals surface area contributed by atoms with Gasteiger partial charge in [0.15, 0.2) is 0 Å². The molecule has 16 heavy (non-hydrogen) atoms. The number of carboxylic acids is 1. The van der Waals surface area contributed by atoms with Crippen molar-refractivity contribution in [2.75, 3.05) is 5.32 Å². The monoisotopic (exact) mass is 223 g/mol. The van der Waals surface area contributed by atoms with E-state index in [-0.39, 0.29) is 0 Å². The molecule has 0 amide bonds. The van der Waals surface area contributed by atoms with Gasteiger partial charge in [0.1, 0.15) is 11.4 Å². The summed E-state index contributed by atoms with van der Waals surface area (Å²) < 4.78 is 1.62. The lowest BCUT2D eigenvalue weighted by molar-refractivity contribution is 0.0697. The van der Waals surface area contributed by atoms with Gasteiger partial charge < -0.3 is 10.4 Å². The predicted molar refractivity (Wildman–Crippen MR) is 60.8 cm³/mol. The van der Waals surface area contributed by atoms with E-state index < -0.39 is 5.97 Å². The lowest BCUT2D eigenvalue weighted by atomic mass is 10.2. The van der Waals surface area contributed by atoms with E-state index in [0.717, 1.165) is 12.8 Å². The van der Waals surface area contributed by atoms with Gasteiger partial charge in [0, 0.05) is 13.1 Å². The van der Waals surface area contributed by atoms with Crippen molar-refractivity contribution < 1.29 is 9.90 Å². The summed E-state index contributed by atoms with van der Waals surface area (Å²) in [6.45, 7) is 1.73. The molecule has 1 aromatic heterocycles. The minimum absolute atomic E-state index is 0.300. The Morgan fingerprint density at radius 3 is 2.69 bits per heavy atom. The minimum Gasteiger partial charge on any atom is -0.477 e. The summed E-state index contributed by atoms with van der Waals surface area (Å²) in [6.07, 6.45) is 4.67. The van der Waals surface area contributed by atoms with Crippen LogP contribution in [0.3, 0.4) is 0 Å². The van der Waals surface area contributed by atoms with E-state index in [1.807, 2.05) is 0 Å². The third-order valence-electron chi connectivity index (χ3n) is 3.13. The highest BCUT2D eigenvalue weighted by Crippen LogP contribution is 2.25. The van der Waals surface area contributed by atoms with Crippen LogP contribution >= 0.6 is 0 Å². The highest BCUT2D eigenvalue weighted by atomic mass is 16.4. The van der Waals surface area contributed by atoms with Crippen LogP contribution in [-0.2, 0) is 7.05 Å². The zero-order valence-electron chi connectivity index (χ0n) is 9.66. The third kappa shape index (κ3) is 1.89. The van der Waals surface area contributed by atoms with Crippen molar-refractivity contribution in [1.82, 2.24) is 9.78 Å². The van der Waals surface area contributed by atoms with Gasteiger partial charge in [-0.05, 0) is 19.8 Å². The largest absolute Gasteiger partial charge is 0.477 e. The lowest BCUT2D eigenvalue weighted by Gasteiger charge is -2.14. The molecule has 1 aliphatic rings. The van der Waals surface area contributed by atoms with Crippen LogP contribution < -0.4 is 5.32 Å². The van der Waals surface area contributed by atoms with Gasteiger partial charge in [-0.3, -0.25) is 4.68 Å². The topological polar surface area (TPSA) is 67.2 Å². The summed E-state index contributed by atoms with van der Waals surface area (Å²) in [4.78, 5) is 11.1. The molecule has 5 nitrogen and oxygen atoms in total. The van der Waals surface area contributed by atoms with Crippen molar-refractivity contribution in [1.29, 1.82) is 0 Å². The fourth-order valence-corrected chi connectivity index (χ4v) is 2.34. The Morgan fingerprint density at radius 2 is 2.12 bits per heavy atom. The maximum Gasteiger partial charge on any atom is 0.341 e. The molecule has 1 fully saturated rings. The van der Waals surface area contributed by atoms with Crippen LogP contribution in [0.25, 0.3) is 0 Å². The van der Waals surface area contributed by atoms with E-state index in [9.17, 15) is 4.79 Å². The second-order valence-electron chi connectivity index (χ2n) is 4.36. The standard InChI is InChI=1S/C11H17N3O2/c1-7-9(11(15)16)10(14(2)13-7)12-8-5-3-4-6-8/h8,12H,3-6H2,1-2H3,(H,15,16). The fraction of sp³-hybridized carbons (Fsp3) is 0.636. The van der Waals surface area contributed by atoms with Crippen LogP contribution in [0.5, 0.6) is 0 Å². The van der Waals surface area contributed by atoms with Gasteiger partial charge in [0.05, 0.1) is 5.69 Å². The van der Waals surface area contributed by atoms with E-state index in [1.165, 1.54) is 12.8 Å². The number of aryl methyl sites for hydroxylation is 2. The Hall–Kier alpha value is -1.52. The number of nitrogens with one attached hydrogen (secondary N) is 1. The molecule has 1 aromatic rings. The van der Waals surface area contributed by atoms with Crippen molar-refractivity contribution >= 4 is 11.8 Å². The zero-order chi connectivity index (χ0) is 11.7. The summed E-state index contributed by atoms with van der Waals surface area (Å²) in [6, 6.07) is 0.396. The van der Waals surface area contributed by atoms with Crippen LogP contribution in [0.15, 0.2) is 0 Å². The van der Waals surface area contributed by atoms with Gasteiger partial charge in [-0.25, -0.2) is 4.79 Å². The predicted octanol–water partition coefficient (Wildman–Crippen LogP) is 1.78. The molecule has 0 saturated heterocycles. The Kier molecular flexibility index (Phi) is 2.85. The Balaban J connectivity index is 2.27. The van der Waals surface area contributed by atoms with Crippen molar-refractivity contribution in [2.45, 2.75) is 38.6 Å². The normalized spacial score (nSPS) is 16.6. The molecule has 1 saturated carbocycles. The average Bonchev–Trinajstić information content (AvgIpc) is 2.76. The quantitative estimate of drug-likeness (QED) is 0.819. The third-order valence-corrected chi connectivity index (χ3v) is 3.13. The molecule has 1 heterocycles. The van der Waals surface area contributed by atoms with Crippen molar-refractivity contribution in [3.8, 4) is 0 Å². The molecule has 0 atom stereocenters. The van der Waals surface area contributed by atoms with Gasteiger partial charge in [-0.15, -0.1) is 0 Å². The molecule has 0 bridgehead atoms. The van der Waals surface area contributed by atoms with Crippen molar-refractivity contribution in [2.24, 2.45) is 7.05 Å². The number of rotatable bonds is 3. The second-order valence-corrected chi connectivity index (χ2v) is 4.36. The number of nitrogens with zero attached hydrogens (tertiary/aromatic N) is 2. The van der Waals surface area contributed by atoms with Crippen LogP contribution in [0.2, 0.25) is 0 Å². The molecule has 0 unspecified atom stereocenters. The van der Waals surface area contributed by atoms with Crippen LogP contribution in [0.1, 0.15) is 41.7 Å². The summed E-state index contributed by atoms with van der Waals surface area (Å²) >= 11 is 0. The van der Waals surface area contributed by atoms with Gasteiger partial charge >= 0.3 is 5.97 Å². The number of hydrogen-bond acceptors (Lipinski definition) is 3. The van der Waals surface area contributed by atoms with E-state index in [0.29, 0.717) is 23.1 Å². The molecule has 2 N–H and O–H groups in total. The summed E-state index contributed by atoms with van der Waals surface area (Å²) in [5, 5.41) is 16.6.